The van der Waals surface area contributed by atoms with Gasteiger partial charge in [-0.15, -0.1) is 11.8 Å². The van der Waals surface area contributed by atoms with Crippen LogP contribution >= 0.6 is 11.8 Å². The van der Waals surface area contributed by atoms with Crippen LogP contribution in [0.3, 0.4) is 0 Å². The fourth-order valence-corrected chi connectivity index (χ4v) is 5.70. The van der Waals surface area contributed by atoms with Crippen LogP contribution < -0.4 is 5.32 Å². The molecule has 1 aromatic carbocycles. The predicted molar refractivity (Wildman–Crippen MR) is 78.2 cm³/mol. The van der Waals surface area contributed by atoms with Crippen LogP contribution in [0.5, 0.6) is 0 Å². The summed E-state index contributed by atoms with van der Waals surface area (Å²) < 4.78 is 23.0. The van der Waals surface area contributed by atoms with Gasteiger partial charge in [0, 0.05) is 10.9 Å². The van der Waals surface area contributed by atoms with Gasteiger partial charge in [0.15, 0.2) is 9.84 Å². The number of sulfone groups is 1. The van der Waals surface area contributed by atoms with E-state index in [1.807, 2.05) is 31.3 Å². The van der Waals surface area contributed by atoms with Gasteiger partial charge in [-0.25, -0.2) is 8.42 Å². The Labute approximate surface area is 118 Å². The monoisotopic (exact) mass is 301 g/mol. The summed E-state index contributed by atoms with van der Waals surface area (Å²) in [6.45, 7) is 2.07. The maximum atomic E-state index is 11.5. The highest BCUT2D eigenvalue weighted by molar-refractivity contribution is 8.02. The zero-order chi connectivity index (χ0) is 14.0. The van der Waals surface area contributed by atoms with Crippen LogP contribution in [0.25, 0.3) is 0 Å². The van der Waals surface area contributed by atoms with Crippen LogP contribution in [0.4, 0.5) is 0 Å². The van der Waals surface area contributed by atoms with E-state index in [1.54, 1.807) is 0 Å². The maximum absolute atomic E-state index is 11.5. The molecule has 0 aliphatic carbocycles. The second-order valence-electron chi connectivity index (χ2n) is 4.88. The number of hydrogen-bond donors (Lipinski definition) is 2. The van der Waals surface area contributed by atoms with Gasteiger partial charge >= 0.3 is 0 Å². The Hall–Kier alpha value is -0.560. The minimum absolute atomic E-state index is 0.0602. The van der Waals surface area contributed by atoms with Gasteiger partial charge in [0.2, 0.25) is 0 Å². The molecule has 2 N–H and O–H groups in total. The van der Waals surface area contributed by atoms with Gasteiger partial charge in [-0.1, -0.05) is 12.1 Å². The lowest BCUT2D eigenvalue weighted by Crippen LogP contribution is -2.19. The van der Waals surface area contributed by atoms with Crippen LogP contribution in [0.2, 0.25) is 0 Å². The topological polar surface area (TPSA) is 66.4 Å². The molecule has 0 bridgehead atoms. The number of rotatable bonds is 4. The van der Waals surface area contributed by atoms with Crippen molar-refractivity contribution < 1.29 is 13.5 Å². The van der Waals surface area contributed by atoms with Crippen molar-refractivity contribution in [2.75, 3.05) is 18.6 Å². The Morgan fingerprint density at radius 2 is 2.16 bits per heavy atom. The first-order chi connectivity index (χ1) is 8.91. The van der Waals surface area contributed by atoms with Crippen molar-refractivity contribution in [1.29, 1.82) is 0 Å². The lowest BCUT2D eigenvalue weighted by Gasteiger charge is -2.15. The molecule has 3 unspecified atom stereocenters. The van der Waals surface area contributed by atoms with Gasteiger partial charge in [-0.3, -0.25) is 0 Å². The van der Waals surface area contributed by atoms with Crippen molar-refractivity contribution in [1.82, 2.24) is 5.32 Å². The first kappa shape index (κ1) is 14.8. The molecule has 1 saturated heterocycles. The van der Waals surface area contributed by atoms with Crippen molar-refractivity contribution in [3.8, 4) is 0 Å². The fourth-order valence-electron chi connectivity index (χ4n) is 2.11. The minimum atomic E-state index is -3.08. The highest BCUT2D eigenvalue weighted by Crippen LogP contribution is 2.32. The molecule has 3 atom stereocenters. The summed E-state index contributed by atoms with van der Waals surface area (Å²) in [5, 5.41) is 12.7. The van der Waals surface area contributed by atoms with E-state index in [2.05, 4.69) is 12.2 Å². The molecular formula is C13H19NO3S2. The minimum Gasteiger partial charge on any atom is -0.391 e. The lowest BCUT2D eigenvalue weighted by molar-refractivity contribution is 0.207. The van der Waals surface area contributed by atoms with Gasteiger partial charge in [0.05, 0.1) is 22.9 Å². The van der Waals surface area contributed by atoms with Crippen LogP contribution in [0, 0.1) is 0 Å². The normalized spacial score (nSPS) is 27.3. The fraction of sp³-hybridized carbons (Fsp3) is 0.538. The SMILES string of the molecule is CNC(C)c1cccc(SC2CS(=O)(=O)CC2O)c1. The van der Waals surface area contributed by atoms with E-state index in [0.717, 1.165) is 10.5 Å². The van der Waals surface area contributed by atoms with Gasteiger partial charge in [0.1, 0.15) is 0 Å². The molecule has 1 heterocycles. The Bertz CT molecular complexity index is 545. The van der Waals surface area contributed by atoms with Crippen molar-refractivity contribution in [2.24, 2.45) is 0 Å². The number of aliphatic hydroxyl groups excluding tert-OH is 1. The maximum Gasteiger partial charge on any atom is 0.154 e. The van der Waals surface area contributed by atoms with Crippen molar-refractivity contribution in [2.45, 2.75) is 29.2 Å². The van der Waals surface area contributed by atoms with Crippen LogP contribution in [-0.4, -0.2) is 43.4 Å². The molecule has 1 fully saturated rings. The summed E-state index contributed by atoms with van der Waals surface area (Å²) in [5.74, 6) is -0.0537. The summed E-state index contributed by atoms with van der Waals surface area (Å²) in [5.41, 5.74) is 1.16. The summed E-state index contributed by atoms with van der Waals surface area (Å²) in [6, 6.07) is 8.24. The third-order valence-electron chi connectivity index (χ3n) is 3.35. The second kappa shape index (κ2) is 5.83. The first-order valence-electron chi connectivity index (χ1n) is 6.23. The molecule has 0 spiro atoms. The molecule has 1 aliphatic heterocycles. The average molecular weight is 301 g/mol. The third kappa shape index (κ3) is 3.72. The number of nitrogens with one attached hydrogen (secondary N) is 1. The van der Waals surface area contributed by atoms with E-state index < -0.39 is 15.9 Å². The molecule has 0 aromatic heterocycles. The number of thioether (sulfide) groups is 1. The van der Waals surface area contributed by atoms with Gasteiger partial charge in [-0.2, -0.15) is 0 Å². The van der Waals surface area contributed by atoms with Gasteiger partial charge < -0.3 is 10.4 Å². The van der Waals surface area contributed by atoms with E-state index in [1.165, 1.54) is 11.8 Å². The number of hydrogen-bond acceptors (Lipinski definition) is 5. The lowest BCUT2D eigenvalue weighted by atomic mass is 10.1. The van der Waals surface area contributed by atoms with Gasteiger partial charge in [0.25, 0.3) is 0 Å². The molecule has 0 saturated carbocycles. The van der Waals surface area contributed by atoms with E-state index in [4.69, 9.17) is 0 Å². The average Bonchev–Trinajstić information content (AvgIpc) is 2.61. The van der Waals surface area contributed by atoms with E-state index in [-0.39, 0.29) is 22.8 Å². The smallest absolute Gasteiger partial charge is 0.154 e. The standard InChI is InChI=1S/C13H19NO3S2/c1-9(14-2)10-4-3-5-11(6-10)18-13-8-19(16,17)7-12(13)15/h3-6,9,12-15H,7-8H2,1-2H3. The van der Waals surface area contributed by atoms with Crippen molar-refractivity contribution >= 4 is 21.6 Å². The zero-order valence-electron chi connectivity index (χ0n) is 11.0. The molecule has 1 aliphatic rings. The molecule has 106 valence electrons. The Morgan fingerprint density at radius 3 is 2.74 bits per heavy atom. The Kier molecular flexibility index (Phi) is 4.55. The van der Waals surface area contributed by atoms with Crippen molar-refractivity contribution in [3.05, 3.63) is 29.8 Å². The Morgan fingerprint density at radius 1 is 1.42 bits per heavy atom. The highest BCUT2D eigenvalue weighted by atomic mass is 32.2. The van der Waals surface area contributed by atoms with E-state index >= 15 is 0 Å². The molecule has 0 radical (unpaired) electrons. The predicted octanol–water partition coefficient (Wildman–Crippen LogP) is 1.22. The van der Waals surface area contributed by atoms with Crippen LogP contribution in [-0.2, 0) is 9.84 Å². The summed E-state index contributed by atoms with van der Waals surface area (Å²) in [4.78, 5) is 1.00. The van der Waals surface area contributed by atoms with E-state index in [0.29, 0.717) is 0 Å². The van der Waals surface area contributed by atoms with E-state index in [9.17, 15) is 13.5 Å². The quantitative estimate of drug-likeness (QED) is 0.875. The summed E-state index contributed by atoms with van der Waals surface area (Å²) in [6.07, 6.45) is -0.764. The Balaban J connectivity index is 2.12. The summed E-state index contributed by atoms with van der Waals surface area (Å²) >= 11 is 1.45. The first-order valence-corrected chi connectivity index (χ1v) is 8.94. The number of benzene rings is 1. The molecule has 4 nitrogen and oxygen atoms in total. The molecule has 1 aromatic rings. The molecule has 19 heavy (non-hydrogen) atoms. The zero-order valence-corrected chi connectivity index (χ0v) is 12.7. The molecule has 6 heteroatoms. The second-order valence-corrected chi connectivity index (χ2v) is 8.35. The summed E-state index contributed by atoms with van der Waals surface area (Å²) in [7, 11) is -1.18. The molecule has 0 amide bonds. The molecule has 2 rings (SSSR count). The third-order valence-corrected chi connectivity index (χ3v) is 6.59. The van der Waals surface area contributed by atoms with Crippen molar-refractivity contribution in [3.63, 3.8) is 0 Å². The molecular weight excluding hydrogens is 282 g/mol. The largest absolute Gasteiger partial charge is 0.391 e. The highest BCUT2D eigenvalue weighted by Gasteiger charge is 2.36. The van der Waals surface area contributed by atoms with Crippen LogP contribution in [0.15, 0.2) is 29.2 Å². The number of aliphatic hydroxyl groups is 1. The van der Waals surface area contributed by atoms with Gasteiger partial charge in [-0.05, 0) is 31.7 Å². The van der Waals surface area contributed by atoms with Crippen LogP contribution in [0.1, 0.15) is 18.5 Å².